The van der Waals surface area contributed by atoms with Crippen LogP contribution in [0.5, 0.6) is 5.75 Å². The van der Waals surface area contributed by atoms with Gasteiger partial charge in [-0.3, -0.25) is 4.90 Å². The Morgan fingerprint density at radius 3 is 3.00 bits per heavy atom. The van der Waals surface area contributed by atoms with E-state index in [2.05, 4.69) is 18.9 Å². The fraction of sp³-hybridized carbons (Fsp3) is 0.500. The zero-order chi connectivity index (χ0) is 12.2. The highest BCUT2D eigenvalue weighted by Gasteiger charge is 2.46. The monoisotopic (exact) mass is 230 g/mol. The molecule has 3 nitrogen and oxygen atoms in total. The number of hydrogen-bond acceptors (Lipinski definition) is 3. The molecule has 2 unspecified atom stereocenters. The molecule has 1 saturated heterocycles. The summed E-state index contributed by atoms with van der Waals surface area (Å²) in [6.07, 6.45) is 1.87. The predicted molar refractivity (Wildman–Crippen MR) is 67.9 cm³/mol. The average Bonchev–Trinajstić information content (AvgIpc) is 2.30. The summed E-state index contributed by atoms with van der Waals surface area (Å²) in [5.41, 5.74) is 3.08. The Hall–Kier alpha value is -1.35. The van der Waals surface area contributed by atoms with E-state index in [1.54, 1.807) is 6.07 Å². The second-order valence-electron chi connectivity index (χ2n) is 5.54. The minimum atomic E-state index is -0.177. The lowest BCUT2D eigenvalue weighted by molar-refractivity contribution is 0.224. The first-order chi connectivity index (χ1) is 8.02. The molecule has 2 aliphatic rings. The second kappa shape index (κ2) is 3.33. The van der Waals surface area contributed by atoms with Crippen LogP contribution in [0.1, 0.15) is 24.5 Å². The van der Waals surface area contributed by atoms with Crippen molar-refractivity contribution < 1.29 is 5.11 Å². The Morgan fingerprint density at radius 2 is 2.24 bits per heavy atom. The molecule has 1 heterocycles. The zero-order valence-electron chi connectivity index (χ0n) is 10.3. The molecule has 1 aromatic rings. The van der Waals surface area contributed by atoms with Gasteiger partial charge >= 0.3 is 0 Å². The summed E-state index contributed by atoms with van der Waals surface area (Å²) < 4.78 is 0. The van der Waals surface area contributed by atoms with Gasteiger partial charge in [-0.25, -0.2) is 0 Å². The van der Waals surface area contributed by atoms with E-state index in [4.69, 9.17) is 5.41 Å². The number of likely N-dealkylation sites (tertiary alicyclic amines) is 1. The number of phenolic OH excluding ortho intramolecular Hbond substituents is 1. The second-order valence-corrected chi connectivity index (χ2v) is 5.54. The van der Waals surface area contributed by atoms with Crippen LogP contribution in [0.15, 0.2) is 18.2 Å². The largest absolute Gasteiger partial charge is 0.508 e. The fourth-order valence-electron chi connectivity index (χ4n) is 3.28. The number of rotatable bonds is 0. The number of phenols is 1. The lowest BCUT2D eigenvalue weighted by Crippen LogP contribution is -2.58. The van der Waals surface area contributed by atoms with Crippen LogP contribution in [0, 0.1) is 5.41 Å². The van der Waals surface area contributed by atoms with Crippen molar-refractivity contribution in [1.82, 2.24) is 4.90 Å². The van der Waals surface area contributed by atoms with E-state index < -0.39 is 0 Å². The van der Waals surface area contributed by atoms with Crippen LogP contribution in [-0.2, 0) is 11.8 Å². The Kier molecular flexibility index (Phi) is 2.11. The molecule has 3 heteroatoms. The molecule has 1 aliphatic carbocycles. The van der Waals surface area contributed by atoms with Crippen LogP contribution in [0.2, 0.25) is 0 Å². The SMILES string of the molecule is CN1CCC2(C)C(=N)C1Cc1ccc(O)cc12. The summed E-state index contributed by atoms with van der Waals surface area (Å²) in [4.78, 5) is 2.28. The summed E-state index contributed by atoms with van der Waals surface area (Å²) in [6, 6.07) is 5.87. The van der Waals surface area contributed by atoms with E-state index >= 15 is 0 Å². The van der Waals surface area contributed by atoms with Gasteiger partial charge in [-0.2, -0.15) is 0 Å². The van der Waals surface area contributed by atoms with Gasteiger partial charge in [0, 0.05) is 11.1 Å². The molecule has 2 N–H and O–H groups in total. The Balaban J connectivity index is 2.20. The van der Waals surface area contributed by atoms with Crippen LogP contribution >= 0.6 is 0 Å². The van der Waals surface area contributed by atoms with E-state index in [1.807, 2.05) is 12.1 Å². The van der Waals surface area contributed by atoms with Crippen molar-refractivity contribution in [1.29, 1.82) is 5.41 Å². The van der Waals surface area contributed by atoms with Crippen LogP contribution < -0.4 is 0 Å². The van der Waals surface area contributed by atoms with Gasteiger partial charge in [0.05, 0.1) is 6.04 Å². The standard InChI is InChI=1S/C14H18N2O/c1-14-5-6-16(2)12(13(14)15)7-9-3-4-10(17)8-11(9)14/h3-4,8,12,15,17H,5-7H2,1-2H3. The smallest absolute Gasteiger partial charge is 0.115 e. The first-order valence-electron chi connectivity index (χ1n) is 6.14. The molecule has 0 saturated carbocycles. The van der Waals surface area contributed by atoms with E-state index in [1.165, 1.54) is 5.56 Å². The molecular weight excluding hydrogens is 212 g/mol. The molecule has 1 fully saturated rings. The number of benzene rings is 1. The normalized spacial score (nSPS) is 32.4. The molecule has 17 heavy (non-hydrogen) atoms. The van der Waals surface area contributed by atoms with Crippen molar-refractivity contribution in [3.63, 3.8) is 0 Å². The van der Waals surface area contributed by atoms with Gasteiger partial charge in [-0.15, -0.1) is 0 Å². The van der Waals surface area contributed by atoms with Gasteiger partial charge in [0.25, 0.3) is 0 Å². The summed E-state index contributed by atoms with van der Waals surface area (Å²) in [7, 11) is 2.10. The summed E-state index contributed by atoms with van der Waals surface area (Å²) in [6.45, 7) is 3.17. The molecule has 1 aromatic carbocycles. The van der Waals surface area contributed by atoms with E-state index in [0.29, 0.717) is 5.75 Å². The third-order valence-electron chi connectivity index (χ3n) is 4.53. The predicted octanol–water partition coefficient (Wildman–Crippen LogP) is 1.93. The minimum Gasteiger partial charge on any atom is -0.508 e. The third-order valence-corrected chi connectivity index (χ3v) is 4.53. The number of piperidine rings is 1. The quantitative estimate of drug-likeness (QED) is 0.715. The number of hydrogen-bond donors (Lipinski definition) is 2. The topological polar surface area (TPSA) is 47.3 Å². The van der Waals surface area contributed by atoms with Crippen LogP contribution in [0.3, 0.4) is 0 Å². The molecule has 0 aromatic heterocycles. The van der Waals surface area contributed by atoms with Gasteiger partial charge in [0.15, 0.2) is 0 Å². The number of fused-ring (bicyclic) bond motifs is 4. The number of nitrogens with one attached hydrogen (secondary N) is 1. The first-order valence-corrected chi connectivity index (χ1v) is 6.14. The van der Waals surface area contributed by atoms with Gasteiger partial charge in [-0.1, -0.05) is 13.0 Å². The van der Waals surface area contributed by atoms with E-state index in [-0.39, 0.29) is 11.5 Å². The van der Waals surface area contributed by atoms with Crippen LogP contribution in [0.4, 0.5) is 0 Å². The lowest BCUT2D eigenvalue weighted by atomic mass is 9.64. The minimum absolute atomic E-state index is 0.177. The number of aromatic hydroxyl groups is 1. The van der Waals surface area contributed by atoms with Gasteiger partial charge < -0.3 is 10.5 Å². The first kappa shape index (κ1) is 10.8. The molecular formula is C14H18N2O. The highest BCUT2D eigenvalue weighted by molar-refractivity contribution is 5.99. The molecule has 0 amide bonds. The zero-order valence-corrected chi connectivity index (χ0v) is 10.3. The summed E-state index contributed by atoms with van der Waals surface area (Å²) >= 11 is 0. The summed E-state index contributed by atoms with van der Waals surface area (Å²) in [5, 5.41) is 18.1. The maximum absolute atomic E-state index is 9.66. The molecule has 0 radical (unpaired) electrons. The van der Waals surface area contributed by atoms with Crippen molar-refractivity contribution in [2.24, 2.45) is 0 Å². The molecule has 2 atom stereocenters. The summed E-state index contributed by atoms with van der Waals surface area (Å²) in [5.74, 6) is 0.315. The molecule has 3 rings (SSSR count). The Bertz CT molecular complexity index is 497. The van der Waals surface area contributed by atoms with Crippen LogP contribution in [0.25, 0.3) is 0 Å². The van der Waals surface area contributed by atoms with Crippen molar-refractivity contribution >= 4 is 5.71 Å². The fourth-order valence-corrected chi connectivity index (χ4v) is 3.28. The maximum Gasteiger partial charge on any atom is 0.115 e. The van der Waals surface area contributed by atoms with Crippen molar-refractivity contribution in [3.8, 4) is 5.75 Å². The van der Waals surface area contributed by atoms with Gasteiger partial charge in [-0.05, 0) is 49.7 Å². The van der Waals surface area contributed by atoms with Crippen LogP contribution in [-0.4, -0.2) is 35.4 Å². The molecule has 2 bridgehead atoms. The third kappa shape index (κ3) is 1.35. The Morgan fingerprint density at radius 1 is 1.47 bits per heavy atom. The number of likely N-dealkylation sites (N-methyl/N-ethyl adjacent to an activating group) is 1. The van der Waals surface area contributed by atoms with E-state index in [9.17, 15) is 5.11 Å². The molecule has 0 spiro atoms. The van der Waals surface area contributed by atoms with Crippen molar-refractivity contribution in [2.45, 2.75) is 31.2 Å². The molecule has 90 valence electrons. The maximum atomic E-state index is 9.66. The highest BCUT2D eigenvalue weighted by atomic mass is 16.3. The van der Waals surface area contributed by atoms with Gasteiger partial charge in [0.1, 0.15) is 5.75 Å². The highest BCUT2D eigenvalue weighted by Crippen LogP contribution is 2.43. The van der Waals surface area contributed by atoms with Gasteiger partial charge in [0.2, 0.25) is 0 Å². The number of nitrogens with zero attached hydrogens (tertiary/aromatic N) is 1. The van der Waals surface area contributed by atoms with Crippen molar-refractivity contribution in [3.05, 3.63) is 29.3 Å². The lowest BCUT2D eigenvalue weighted by Gasteiger charge is -2.49. The van der Waals surface area contributed by atoms with Crippen molar-refractivity contribution in [2.75, 3.05) is 13.6 Å². The Labute approximate surface area is 102 Å². The average molecular weight is 230 g/mol. The van der Waals surface area contributed by atoms with E-state index in [0.717, 1.165) is 30.7 Å². The molecule has 1 aliphatic heterocycles.